The van der Waals surface area contributed by atoms with Crippen molar-refractivity contribution in [1.29, 1.82) is 0 Å². The molecule has 2 aliphatic rings. The van der Waals surface area contributed by atoms with Crippen LogP contribution < -0.4 is 0 Å². The largest absolute Gasteiger partial charge is 0.374 e. The van der Waals surface area contributed by atoms with Crippen LogP contribution in [0.3, 0.4) is 0 Å². The summed E-state index contributed by atoms with van der Waals surface area (Å²) in [5.41, 5.74) is 3.65. The lowest BCUT2D eigenvalue weighted by Gasteiger charge is -2.48. The van der Waals surface area contributed by atoms with Crippen LogP contribution in [0.1, 0.15) is 63.6 Å². The Morgan fingerprint density at radius 2 is 1.10 bits per heavy atom. The van der Waals surface area contributed by atoms with E-state index in [4.69, 9.17) is 23.7 Å². The predicted molar refractivity (Wildman–Crippen MR) is 181 cm³/mol. The summed E-state index contributed by atoms with van der Waals surface area (Å²) in [6.07, 6.45) is -0.298. The van der Waals surface area contributed by atoms with Gasteiger partial charge in [-0.15, -0.1) is 0 Å². The van der Waals surface area contributed by atoms with Crippen LogP contribution in [0.5, 0.6) is 0 Å². The maximum absolute atomic E-state index is 14.0. The zero-order valence-electron chi connectivity index (χ0n) is 27.3. The number of nitrogens with zero attached hydrogens (tertiary/aromatic N) is 1. The van der Waals surface area contributed by atoms with E-state index in [0.29, 0.717) is 24.3 Å². The molecule has 2 heterocycles. The van der Waals surface area contributed by atoms with Crippen molar-refractivity contribution < 1.29 is 33.3 Å². The lowest BCUT2D eigenvalue weighted by Crippen LogP contribution is -2.67. The van der Waals surface area contributed by atoms with Crippen LogP contribution in [0.25, 0.3) is 0 Å². The molecule has 2 aliphatic heterocycles. The summed E-state index contributed by atoms with van der Waals surface area (Å²) in [4.78, 5) is 29.3. The van der Waals surface area contributed by atoms with Gasteiger partial charge in [0.25, 0.3) is 11.8 Å². The summed E-state index contributed by atoms with van der Waals surface area (Å²) in [5.74, 6) is -0.805. The SMILES string of the molecule is CCCCCO[C@@H]1O[C@H](COCc2ccccc2)[C@@H](OCc2ccccc2)[C@H](OCc2ccccc2)[C@H]1N1C(=O)c2ccccc2C1=O. The molecule has 250 valence electrons. The van der Waals surface area contributed by atoms with Crippen LogP contribution in [0.4, 0.5) is 0 Å². The fourth-order valence-corrected chi connectivity index (χ4v) is 6.26. The molecule has 6 rings (SSSR count). The van der Waals surface area contributed by atoms with Gasteiger partial charge in [0.05, 0.1) is 37.6 Å². The molecular weight excluding hydrogens is 606 g/mol. The van der Waals surface area contributed by atoms with Gasteiger partial charge < -0.3 is 23.7 Å². The zero-order valence-corrected chi connectivity index (χ0v) is 27.3. The number of carbonyl (C=O) groups excluding carboxylic acids is 2. The fourth-order valence-electron chi connectivity index (χ4n) is 6.26. The highest BCUT2D eigenvalue weighted by Crippen LogP contribution is 2.36. The number of ether oxygens (including phenoxy) is 5. The Morgan fingerprint density at radius 1 is 0.604 bits per heavy atom. The van der Waals surface area contributed by atoms with Gasteiger partial charge in [-0.3, -0.25) is 14.5 Å². The van der Waals surface area contributed by atoms with E-state index in [0.717, 1.165) is 36.0 Å². The van der Waals surface area contributed by atoms with Crippen LogP contribution in [0, 0.1) is 0 Å². The summed E-state index contributed by atoms with van der Waals surface area (Å²) < 4.78 is 32.8. The maximum atomic E-state index is 14.0. The second kappa shape index (κ2) is 16.8. The number of benzene rings is 4. The Bertz CT molecular complexity index is 1560. The first-order valence-electron chi connectivity index (χ1n) is 16.8. The van der Waals surface area contributed by atoms with Gasteiger partial charge in [-0.05, 0) is 35.2 Å². The van der Waals surface area contributed by atoms with Crippen molar-refractivity contribution >= 4 is 11.8 Å². The molecule has 8 nitrogen and oxygen atoms in total. The van der Waals surface area contributed by atoms with Gasteiger partial charge in [0, 0.05) is 6.61 Å². The molecule has 2 amide bonds. The Hall–Kier alpha value is -4.18. The molecule has 48 heavy (non-hydrogen) atoms. The number of imide groups is 1. The highest BCUT2D eigenvalue weighted by molar-refractivity contribution is 6.21. The van der Waals surface area contributed by atoms with E-state index in [1.807, 2.05) is 91.0 Å². The third kappa shape index (κ3) is 8.09. The van der Waals surface area contributed by atoms with Gasteiger partial charge in [-0.2, -0.15) is 0 Å². The van der Waals surface area contributed by atoms with Crippen molar-refractivity contribution in [2.75, 3.05) is 13.2 Å². The molecule has 0 unspecified atom stereocenters. The first-order valence-corrected chi connectivity index (χ1v) is 16.8. The quantitative estimate of drug-likeness (QED) is 0.0958. The van der Waals surface area contributed by atoms with Gasteiger partial charge in [0.15, 0.2) is 6.29 Å². The number of hydrogen-bond donors (Lipinski definition) is 0. The number of unbranched alkanes of at least 4 members (excludes halogenated alkanes) is 2. The minimum absolute atomic E-state index is 0.184. The predicted octanol–water partition coefficient (Wildman–Crippen LogP) is 6.97. The third-order valence-corrected chi connectivity index (χ3v) is 8.73. The molecule has 0 aliphatic carbocycles. The van der Waals surface area contributed by atoms with Crippen LogP contribution in [0.15, 0.2) is 115 Å². The first-order chi connectivity index (χ1) is 23.6. The van der Waals surface area contributed by atoms with E-state index in [2.05, 4.69) is 6.92 Å². The minimum atomic E-state index is -0.966. The van der Waals surface area contributed by atoms with E-state index in [9.17, 15) is 9.59 Å². The van der Waals surface area contributed by atoms with Crippen molar-refractivity contribution in [2.24, 2.45) is 0 Å². The molecule has 1 fully saturated rings. The third-order valence-electron chi connectivity index (χ3n) is 8.73. The van der Waals surface area contributed by atoms with Gasteiger partial charge in [-0.1, -0.05) is 123 Å². The molecule has 0 bridgehead atoms. The summed E-state index contributed by atoms with van der Waals surface area (Å²) in [6.45, 7) is 3.59. The Morgan fingerprint density at radius 3 is 1.65 bits per heavy atom. The minimum Gasteiger partial charge on any atom is -0.374 e. The zero-order chi connectivity index (χ0) is 33.1. The van der Waals surface area contributed by atoms with E-state index < -0.39 is 42.5 Å². The Balaban J connectivity index is 1.36. The van der Waals surface area contributed by atoms with Crippen molar-refractivity contribution in [3.05, 3.63) is 143 Å². The average Bonchev–Trinajstić information content (AvgIpc) is 3.38. The van der Waals surface area contributed by atoms with Crippen molar-refractivity contribution in [3.8, 4) is 0 Å². The van der Waals surface area contributed by atoms with E-state index in [1.165, 1.54) is 4.90 Å². The molecule has 0 N–H and O–H groups in total. The van der Waals surface area contributed by atoms with E-state index in [1.54, 1.807) is 24.3 Å². The molecule has 0 radical (unpaired) electrons. The smallest absolute Gasteiger partial charge is 0.262 e. The maximum Gasteiger partial charge on any atom is 0.262 e. The number of carbonyl (C=O) groups is 2. The van der Waals surface area contributed by atoms with Gasteiger partial charge >= 0.3 is 0 Å². The average molecular weight is 650 g/mol. The van der Waals surface area contributed by atoms with Crippen molar-refractivity contribution in [1.82, 2.24) is 4.90 Å². The number of fused-ring (bicyclic) bond motifs is 1. The first kappa shape index (κ1) is 33.7. The summed E-state index contributed by atoms with van der Waals surface area (Å²) in [5, 5.41) is 0. The molecule has 5 atom stereocenters. The van der Waals surface area contributed by atoms with Crippen LogP contribution in [-0.2, 0) is 43.5 Å². The summed E-state index contributed by atoms with van der Waals surface area (Å²) in [7, 11) is 0. The second-order valence-corrected chi connectivity index (χ2v) is 12.2. The summed E-state index contributed by atoms with van der Waals surface area (Å²) >= 11 is 0. The number of amides is 2. The van der Waals surface area contributed by atoms with Crippen LogP contribution in [-0.4, -0.2) is 60.6 Å². The molecule has 8 heteroatoms. The van der Waals surface area contributed by atoms with Crippen molar-refractivity contribution in [2.45, 2.75) is 76.7 Å². The lowest BCUT2D eigenvalue weighted by molar-refractivity contribution is -0.299. The number of rotatable bonds is 16. The van der Waals surface area contributed by atoms with E-state index >= 15 is 0 Å². The highest BCUT2D eigenvalue weighted by Gasteiger charge is 2.55. The molecular formula is C40H43NO7. The molecule has 0 spiro atoms. The Labute approximate surface area is 282 Å². The highest BCUT2D eigenvalue weighted by atomic mass is 16.7. The van der Waals surface area contributed by atoms with Crippen LogP contribution in [0.2, 0.25) is 0 Å². The monoisotopic (exact) mass is 649 g/mol. The van der Waals surface area contributed by atoms with Gasteiger partial charge in [0.1, 0.15) is 24.4 Å². The summed E-state index contributed by atoms with van der Waals surface area (Å²) in [6, 6.07) is 35.6. The van der Waals surface area contributed by atoms with Gasteiger partial charge in [-0.25, -0.2) is 0 Å². The van der Waals surface area contributed by atoms with Crippen LogP contribution >= 0.6 is 0 Å². The topological polar surface area (TPSA) is 83.5 Å². The molecule has 4 aromatic carbocycles. The molecule has 1 saturated heterocycles. The molecule has 0 aromatic heterocycles. The lowest BCUT2D eigenvalue weighted by atomic mass is 9.94. The fraction of sp³-hybridized carbons (Fsp3) is 0.350. The van der Waals surface area contributed by atoms with Gasteiger partial charge in [0.2, 0.25) is 0 Å². The van der Waals surface area contributed by atoms with Crippen molar-refractivity contribution in [3.63, 3.8) is 0 Å². The molecule has 0 saturated carbocycles. The number of hydrogen-bond acceptors (Lipinski definition) is 7. The normalized spacial score (nSPS) is 22.2. The second-order valence-electron chi connectivity index (χ2n) is 12.2. The van der Waals surface area contributed by atoms with E-state index in [-0.39, 0.29) is 19.8 Å². The molecule has 4 aromatic rings. The standard InChI is InChI=1S/C40H43NO7/c1-2-3-15-24-45-40-35(41-38(42)32-22-13-14-23-33(32)39(41)43)37(47-27-31-20-11-6-12-21-31)36(46-26-30-18-9-5-10-19-30)34(48-40)28-44-25-29-16-7-4-8-17-29/h4-14,16-23,34-37,40H,2-3,15,24-28H2,1H3/t34-,35-,36-,37-,40-/m1/s1. The Kier molecular flexibility index (Phi) is 11.8.